The van der Waals surface area contributed by atoms with Crippen molar-refractivity contribution in [1.29, 1.82) is 0 Å². The smallest absolute Gasteiger partial charge is 0.250 e. The number of aromatic nitrogens is 1. The second kappa shape index (κ2) is 5.72. The molecule has 0 fully saturated rings. The SMILES string of the molecule is Cc1c(C(N)=O)cc(-c2ccc(F)c(F)c2)n1Cc1ccco1. The number of carbonyl (C=O) groups is 1. The molecule has 0 aliphatic rings. The fourth-order valence-corrected chi connectivity index (χ4v) is 2.55. The second-order valence-corrected chi connectivity index (χ2v) is 5.19. The first-order valence-electron chi connectivity index (χ1n) is 6.95. The lowest BCUT2D eigenvalue weighted by molar-refractivity contribution is 0.0999. The Labute approximate surface area is 131 Å². The summed E-state index contributed by atoms with van der Waals surface area (Å²) in [7, 11) is 0. The predicted molar refractivity (Wildman–Crippen MR) is 80.8 cm³/mol. The van der Waals surface area contributed by atoms with Gasteiger partial charge in [-0.15, -0.1) is 0 Å². The molecule has 0 unspecified atom stereocenters. The third-order valence-electron chi connectivity index (χ3n) is 3.74. The van der Waals surface area contributed by atoms with Crippen LogP contribution in [0.5, 0.6) is 0 Å². The molecule has 4 nitrogen and oxygen atoms in total. The van der Waals surface area contributed by atoms with Crippen molar-refractivity contribution < 1.29 is 18.0 Å². The molecule has 23 heavy (non-hydrogen) atoms. The zero-order chi connectivity index (χ0) is 16.6. The van der Waals surface area contributed by atoms with Crippen LogP contribution in [-0.4, -0.2) is 10.5 Å². The summed E-state index contributed by atoms with van der Waals surface area (Å²) in [6.07, 6.45) is 1.54. The van der Waals surface area contributed by atoms with Gasteiger partial charge in [0.15, 0.2) is 11.6 Å². The van der Waals surface area contributed by atoms with Crippen molar-refractivity contribution in [3.8, 4) is 11.3 Å². The Balaban J connectivity index is 2.15. The van der Waals surface area contributed by atoms with Gasteiger partial charge in [-0.05, 0) is 43.3 Å². The van der Waals surface area contributed by atoms with Crippen molar-refractivity contribution in [2.75, 3.05) is 0 Å². The van der Waals surface area contributed by atoms with Gasteiger partial charge >= 0.3 is 0 Å². The molecular weight excluding hydrogens is 302 g/mol. The first kappa shape index (κ1) is 15.0. The van der Waals surface area contributed by atoms with Crippen LogP contribution < -0.4 is 5.73 Å². The number of benzene rings is 1. The van der Waals surface area contributed by atoms with Crippen LogP contribution >= 0.6 is 0 Å². The van der Waals surface area contributed by atoms with E-state index in [9.17, 15) is 13.6 Å². The van der Waals surface area contributed by atoms with Crippen molar-refractivity contribution in [1.82, 2.24) is 4.57 Å². The number of primary amides is 1. The Kier molecular flexibility index (Phi) is 3.73. The predicted octanol–water partition coefficient (Wildman–Crippen LogP) is 3.48. The van der Waals surface area contributed by atoms with Crippen molar-refractivity contribution >= 4 is 5.91 Å². The molecule has 6 heteroatoms. The van der Waals surface area contributed by atoms with Gasteiger partial charge in [-0.1, -0.05) is 0 Å². The molecule has 118 valence electrons. The lowest BCUT2D eigenvalue weighted by atomic mass is 10.1. The van der Waals surface area contributed by atoms with Gasteiger partial charge in [-0.25, -0.2) is 8.78 Å². The third kappa shape index (κ3) is 2.75. The number of hydrogen-bond acceptors (Lipinski definition) is 2. The molecule has 0 aliphatic heterocycles. The summed E-state index contributed by atoms with van der Waals surface area (Å²) in [6.45, 7) is 2.09. The Morgan fingerprint density at radius 2 is 2.00 bits per heavy atom. The van der Waals surface area contributed by atoms with Crippen LogP contribution in [0.1, 0.15) is 21.8 Å². The molecule has 0 spiro atoms. The van der Waals surface area contributed by atoms with Crippen LogP contribution in [-0.2, 0) is 6.54 Å². The lowest BCUT2D eigenvalue weighted by Gasteiger charge is -2.11. The van der Waals surface area contributed by atoms with Crippen LogP contribution in [0.4, 0.5) is 8.78 Å². The highest BCUT2D eigenvalue weighted by Gasteiger charge is 2.18. The Morgan fingerprint density at radius 3 is 2.61 bits per heavy atom. The molecule has 2 N–H and O–H groups in total. The minimum absolute atomic E-state index is 0.330. The van der Waals surface area contributed by atoms with E-state index in [1.807, 2.05) is 0 Å². The van der Waals surface area contributed by atoms with E-state index in [0.29, 0.717) is 34.8 Å². The van der Waals surface area contributed by atoms with Crippen molar-refractivity contribution in [3.05, 3.63) is 71.3 Å². The molecule has 0 saturated heterocycles. The number of nitrogens with two attached hydrogens (primary N) is 1. The number of rotatable bonds is 4. The third-order valence-corrected chi connectivity index (χ3v) is 3.74. The molecule has 2 heterocycles. The van der Waals surface area contributed by atoms with Gasteiger partial charge in [0.1, 0.15) is 5.76 Å². The molecule has 0 atom stereocenters. The standard InChI is InChI=1S/C17H14F2N2O2/c1-10-13(17(20)22)8-16(11-4-5-14(18)15(19)7-11)21(10)9-12-3-2-6-23-12/h2-8H,9H2,1H3,(H2,20,22). The van der Waals surface area contributed by atoms with E-state index in [0.717, 1.165) is 12.1 Å². The first-order valence-corrected chi connectivity index (χ1v) is 6.95. The molecule has 3 aromatic rings. The highest BCUT2D eigenvalue weighted by atomic mass is 19.2. The normalized spacial score (nSPS) is 10.9. The van der Waals surface area contributed by atoms with Crippen LogP contribution in [0.25, 0.3) is 11.3 Å². The quantitative estimate of drug-likeness (QED) is 0.801. The van der Waals surface area contributed by atoms with E-state index in [4.69, 9.17) is 10.2 Å². The summed E-state index contributed by atoms with van der Waals surface area (Å²) in [4.78, 5) is 11.6. The molecule has 0 bridgehead atoms. The molecule has 1 aromatic carbocycles. The molecular formula is C17H14F2N2O2. The topological polar surface area (TPSA) is 61.2 Å². The van der Waals surface area contributed by atoms with Crippen LogP contribution in [0.15, 0.2) is 47.1 Å². The van der Waals surface area contributed by atoms with Gasteiger partial charge in [0.05, 0.1) is 18.4 Å². The van der Waals surface area contributed by atoms with Crippen LogP contribution in [0.3, 0.4) is 0 Å². The average molecular weight is 316 g/mol. The molecule has 0 saturated carbocycles. The molecule has 3 rings (SSSR count). The largest absolute Gasteiger partial charge is 0.467 e. The summed E-state index contributed by atoms with van der Waals surface area (Å²) in [6, 6.07) is 8.71. The highest BCUT2D eigenvalue weighted by Crippen LogP contribution is 2.28. The summed E-state index contributed by atoms with van der Waals surface area (Å²) in [5.41, 5.74) is 7.37. The monoisotopic (exact) mass is 316 g/mol. The maximum Gasteiger partial charge on any atom is 0.250 e. The summed E-state index contributed by atoms with van der Waals surface area (Å²) in [5, 5.41) is 0. The summed E-state index contributed by atoms with van der Waals surface area (Å²) >= 11 is 0. The number of carbonyl (C=O) groups excluding carboxylic acids is 1. The fourth-order valence-electron chi connectivity index (χ4n) is 2.55. The Morgan fingerprint density at radius 1 is 1.22 bits per heavy atom. The highest BCUT2D eigenvalue weighted by molar-refractivity contribution is 5.95. The van der Waals surface area contributed by atoms with E-state index in [-0.39, 0.29) is 0 Å². The Bertz CT molecular complexity index is 867. The van der Waals surface area contributed by atoms with Crippen molar-refractivity contribution in [2.45, 2.75) is 13.5 Å². The van der Waals surface area contributed by atoms with Crippen molar-refractivity contribution in [2.24, 2.45) is 5.73 Å². The lowest BCUT2D eigenvalue weighted by Crippen LogP contribution is -2.12. The van der Waals surface area contributed by atoms with Crippen molar-refractivity contribution in [3.63, 3.8) is 0 Å². The molecule has 2 aromatic heterocycles. The zero-order valence-electron chi connectivity index (χ0n) is 12.3. The van der Waals surface area contributed by atoms with E-state index in [1.165, 1.54) is 6.07 Å². The molecule has 0 aliphatic carbocycles. The fraction of sp³-hybridized carbons (Fsp3) is 0.118. The number of furan rings is 1. The minimum atomic E-state index is -0.952. The van der Waals surface area contributed by atoms with E-state index < -0.39 is 17.5 Å². The summed E-state index contributed by atoms with van der Waals surface area (Å²) < 4.78 is 33.8. The van der Waals surface area contributed by atoms with Crippen LogP contribution in [0, 0.1) is 18.6 Å². The number of hydrogen-bond donors (Lipinski definition) is 1. The van der Waals surface area contributed by atoms with E-state index in [1.54, 1.807) is 36.0 Å². The van der Waals surface area contributed by atoms with Gasteiger partial charge in [0.25, 0.3) is 5.91 Å². The van der Waals surface area contributed by atoms with E-state index in [2.05, 4.69) is 0 Å². The maximum atomic E-state index is 13.5. The first-order chi connectivity index (χ1) is 11.0. The van der Waals surface area contributed by atoms with Crippen LogP contribution in [0.2, 0.25) is 0 Å². The van der Waals surface area contributed by atoms with Gasteiger partial charge in [0.2, 0.25) is 0 Å². The van der Waals surface area contributed by atoms with Gasteiger partial charge < -0.3 is 14.7 Å². The molecule has 1 amide bonds. The van der Waals surface area contributed by atoms with Gasteiger partial charge in [-0.2, -0.15) is 0 Å². The van der Waals surface area contributed by atoms with Gasteiger partial charge in [0, 0.05) is 17.0 Å². The average Bonchev–Trinajstić information content (AvgIpc) is 3.12. The zero-order valence-corrected chi connectivity index (χ0v) is 12.3. The number of nitrogens with zero attached hydrogens (tertiary/aromatic N) is 1. The summed E-state index contributed by atoms with van der Waals surface area (Å²) in [5.74, 6) is -1.79. The van der Waals surface area contributed by atoms with Gasteiger partial charge in [-0.3, -0.25) is 4.79 Å². The minimum Gasteiger partial charge on any atom is -0.467 e. The number of halogens is 2. The second-order valence-electron chi connectivity index (χ2n) is 5.19. The van der Waals surface area contributed by atoms with E-state index >= 15 is 0 Å². The number of amides is 1. The maximum absolute atomic E-state index is 13.5. The Hall–Kier alpha value is -2.89. The molecule has 0 radical (unpaired) electrons.